The van der Waals surface area contributed by atoms with Crippen molar-refractivity contribution in [1.82, 2.24) is 10.2 Å². The van der Waals surface area contributed by atoms with Crippen molar-refractivity contribution in [2.45, 2.75) is 32.8 Å². The Morgan fingerprint density at radius 3 is 2.59 bits per heavy atom. The lowest BCUT2D eigenvalue weighted by Crippen LogP contribution is -2.39. The first-order valence-corrected chi connectivity index (χ1v) is 7.69. The quantitative estimate of drug-likeness (QED) is 0.929. The zero-order chi connectivity index (χ0) is 16.2. The van der Waals surface area contributed by atoms with Gasteiger partial charge in [0.1, 0.15) is 11.4 Å². The number of likely N-dealkylation sites (N-methyl/N-ethyl adjacent to an activating group) is 1. The molecule has 5 nitrogen and oxygen atoms in total. The van der Waals surface area contributed by atoms with E-state index < -0.39 is 5.60 Å². The van der Waals surface area contributed by atoms with Crippen molar-refractivity contribution in [3.8, 4) is 0 Å². The molecular formula is C17H25N3O2. The number of rotatable bonds is 4. The molecular weight excluding hydrogens is 278 g/mol. The van der Waals surface area contributed by atoms with Crippen LogP contribution in [-0.4, -0.2) is 49.1 Å². The van der Waals surface area contributed by atoms with Crippen molar-refractivity contribution < 1.29 is 9.53 Å². The first kappa shape index (κ1) is 16.5. The van der Waals surface area contributed by atoms with E-state index in [4.69, 9.17) is 4.74 Å². The van der Waals surface area contributed by atoms with E-state index in [2.05, 4.69) is 22.4 Å². The summed E-state index contributed by atoms with van der Waals surface area (Å²) >= 11 is 0. The second-order valence-corrected chi connectivity index (χ2v) is 6.39. The van der Waals surface area contributed by atoms with Gasteiger partial charge in [-0.15, -0.1) is 0 Å². The van der Waals surface area contributed by atoms with Crippen molar-refractivity contribution in [3.63, 3.8) is 0 Å². The van der Waals surface area contributed by atoms with Gasteiger partial charge in [-0.1, -0.05) is 24.3 Å². The van der Waals surface area contributed by atoms with Crippen molar-refractivity contribution >= 4 is 11.9 Å². The Bertz CT molecular complexity index is 544. The van der Waals surface area contributed by atoms with E-state index in [0.29, 0.717) is 18.9 Å². The minimum Gasteiger partial charge on any atom is -0.443 e. The van der Waals surface area contributed by atoms with Gasteiger partial charge in [0.2, 0.25) is 0 Å². The fraction of sp³-hybridized carbons (Fsp3) is 0.529. The summed E-state index contributed by atoms with van der Waals surface area (Å²) in [7, 11) is 1.94. The van der Waals surface area contributed by atoms with Crippen molar-refractivity contribution in [1.29, 1.82) is 0 Å². The van der Waals surface area contributed by atoms with E-state index in [1.165, 1.54) is 5.56 Å². The molecule has 0 bridgehead atoms. The highest BCUT2D eigenvalue weighted by molar-refractivity contribution is 6.07. The second-order valence-electron chi connectivity index (χ2n) is 6.39. The Hall–Kier alpha value is -1.88. The number of nitrogens with one attached hydrogen (secondary N) is 1. The highest BCUT2D eigenvalue weighted by Crippen LogP contribution is 2.17. The van der Waals surface area contributed by atoms with E-state index in [1.54, 1.807) is 4.90 Å². The lowest BCUT2D eigenvalue weighted by atomic mass is 10.1. The molecule has 0 fully saturated rings. The van der Waals surface area contributed by atoms with E-state index >= 15 is 0 Å². The number of benzene rings is 1. The molecule has 0 radical (unpaired) electrons. The average molecular weight is 303 g/mol. The number of hydrogen-bond acceptors (Lipinski definition) is 4. The van der Waals surface area contributed by atoms with Crippen LogP contribution in [0.2, 0.25) is 0 Å². The molecule has 0 saturated carbocycles. The third-order valence-corrected chi connectivity index (χ3v) is 3.33. The SMILES string of the molecule is CNCCc1ccc(C2=NCCN2C(=O)OC(C)(C)C)cc1. The van der Waals surface area contributed by atoms with Gasteiger partial charge >= 0.3 is 6.09 Å². The van der Waals surface area contributed by atoms with Crippen LogP contribution >= 0.6 is 0 Å². The fourth-order valence-electron chi connectivity index (χ4n) is 2.28. The Balaban J connectivity index is 2.08. The molecule has 1 aliphatic heterocycles. The third kappa shape index (κ3) is 4.31. The molecule has 1 aromatic rings. The number of hydrogen-bond donors (Lipinski definition) is 1. The summed E-state index contributed by atoms with van der Waals surface area (Å²) in [5.41, 5.74) is 1.72. The molecule has 1 amide bonds. The highest BCUT2D eigenvalue weighted by Gasteiger charge is 2.29. The molecule has 0 saturated heterocycles. The van der Waals surface area contributed by atoms with Crippen molar-refractivity contribution in [2.24, 2.45) is 4.99 Å². The van der Waals surface area contributed by atoms with E-state index in [-0.39, 0.29) is 6.09 Å². The number of aliphatic imine (C=N–C) groups is 1. The third-order valence-electron chi connectivity index (χ3n) is 3.33. The topological polar surface area (TPSA) is 53.9 Å². The van der Waals surface area contributed by atoms with Crippen LogP contribution in [0.25, 0.3) is 0 Å². The Kier molecular flexibility index (Phi) is 5.19. The van der Waals surface area contributed by atoms with Crippen LogP contribution in [0, 0.1) is 0 Å². The maximum absolute atomic E-state index is 12.3. The standard InChI is InChI=1S/C17H25N3O2/c1-17(2,3)22-16(21)20-12-11-19-15(20)14-7-5-13(6-8-14)9-10-18-4/h5-8,18H,9-12H2,1-4H3. The van der Waals surface area contributed by atoms with Gasteiger partial charge < -0.3 is 10.1 Å². The molecule has 5 heteroatoms. The predicted octanol–water partition coefficient (Wildman–Crippen LogP) is 2.45. The summed E-state index contributed by atoms with van der Waals surface area (Å²) in [6, 6.07) is 8.21. The molecule has 120 valence electrons. The van der Waals surface area contributed by atoms with Crippen molar-refractivity contribution in [2.75, 3.05) is 26.7 Å². The fourth-order valence-corrected chi connectivity index (χ4v) is 2.28. The van der Waals surface area contributed by atoms with Crippen LogP contribution in [0.5, 0.6) is 0 Å². The molecule has 0 unspecified atom stereocenters. The number of nitrogens with zero attached hydrogens (tertiary/aromatic N) is 2. The average Bonchev–Trinajstić information content (AvgIpc) is 2.93. The van der Waals surface area contributed by atoms with E-state index in [9.17, 15) is 4.79 Å². The van der Waals surface area contributed by atoms with Gasteiger partial charge in [-0.05, 0) is 46.3 Å². The number of carbonyl (C=O) groups is 1. The summed E-state index contributed by atoms with van der Waals surface area (Å²) in [5.74, 6) is 0.703. The predicted molar refractivity (Wildman–Crippen MR) is 88.4 cm³/mol. The minimum absolute atomic E-state index is 0.331. The largest absolute Gasteiger partial charge is 0.443 e. The number of ether oxygens (including phenoxy) is 1. The molecule has 0 atom stereocenters. The van der Waals surface area contributed by atoms with Crippen LogP contribution in [0.15, 0.2) is 29.3 Å². The van der Waals surface area contributed by atoms with Gasteiger partial charge in [0.15, 0.2) is 0 Å². The summed E-state index contributed by atoms with van der Waals surface area (Å²) in [5, 5.41) is 3.14. The van der Waals surface area contributed by atoms with Gasteiger partial charge in [-0.2, -0.15) is 0 Å². The molecule has 22 heavy (non-hydrogen) atoms. The zero-order valence-corrected chi connectivity index (χ0v) is 13.8. The molecule has 0 aromatic heterocycles. The van der Waals surface area contributed by atoms with Crippen LogP contribution in [-0.2, 0) is 11.2 Å². The molecule has 1 aromatic carbocycles. The van der Waals surface area contributed by atoms with Crippen LogP contribution in [0.3, 0.4) is 0 Å². The van der Waals surface area contributed by atoms with Crippen LogP contribution < -0.4 is 5.32 Å². The van der Waals surface area contributed by atoms with E-state index in [1.807, 2.05) is 40.0 Å². The lowest BCUT2D eigenvalue weighted by Gasteiger charge is -2.25. The summed E-state index contributed by atoms with van der Waals surface area (Å²) in [4.78, 5) is 18.3. The van der Waals surface area contributed by atoms with Crippen molar-refractivity contribution in [3.05, 3.63) is 35.4 Å². The van der Waals surface area contributed by atoms with Crippen LogP contribution in [0.4, 0.5) is 4.79 Å². The van der Waals surface area contributed by atoms with Crippen LogP contribution in [0.1, 0.15) is 31.9 Å². The summed E-state index contributed by atoms with van der Waals surface area (Å²) < 4.78 is 5.45. The minimum atomic E-state index is -0.498. The molecule has 1 aliphatic rings. The Morgan fingerprint density at radius 2 is 2.00 bits per heavy atom. The Labute approximate surface area is 132 Å². The highest BCUT2D eigenvalue weighted by atomic mass is 16.6. The van der Waals surface area contributed by atoms with Gasteiger partial charge in [0, 0.05) is 5.56 Å². The maximum atomic E-state index is 12.3. The Morgan fingerprint density at radius 1 is 1.32 bits per heavy atom. The van der Waals surface area contributed by atoms with E-state index in [0.717, 1.165) is 18.5 Å². The first-order chi connectivity index (χ1) is 10.4. The molecule has 2 rings (SSSR count). The summed E-state index contributed by atoms with van der Waals surface area (Å²) in [6.45, 7) is 7.75. The van der Waals surface area contributed by atoms with Gasteiger partial charge in [-0.25, -0.2) is 4.79 Å². The zero-order valence-electron chi connectivity index (χ0n) is 13.8. The second kappa shape index (κ2) is 6.92. The lowest BCUT2D eigenvalue weighted by molar-refractivity contribution is 0.0385. The molecule has 0 spiro atoms. The van der Waals surface area contributed by atoms with Gasteiger partial charge in [0.25, 0.3) is 0 Å². The monoisotopic (exact) mass is 303 g/mol. The van der Waals surface area contributed by atoms with Gasteiger partial charge in [-0.3, -0.25) is 9.89 Å². The number of carbonyl (C=O) groups excluding carboxylic acids is 1. The number of amidine groups is 1. The first-order valence-electron chi connectivity index (χ1n) is 7.69. The maximum Gasteiger partial charge on any atom is 0.416 e. The molecule has 1 N–H and O–H groups in total. The normalized spacial score (nSPS) is 14.9. The van der Waals surface area contributed by atoms with Gasteiger partial charge in [0.05, 0.1) is 13.1 Å². The number of amides is 1. The molecule has 0 aliphatic carbocycles. The summed E-state index contributed by atoms with van der Waals surface area (Å²) in [6.07, 6.45) is 0.655. The smallest absolute Gasteiger partial charge is 0.416 e. The molecule has 1 heterocycles.